The number of hydrogen-bond acceptors (Lipinski definition) is 4. The maximum absolute atomic E-state index is 12.7. The Hall–Kier alpha value is -2.58. The number of nitro benzene ring substituents is 1. The van der Waals surface area contributed by atoms with Crippen LogP contribution in [0.15, 0.2) is 30.5 Å². The molecule has 0 radical (unpaired) electrons. The van der Waals surface area contributed by atoms with Gasteiger partial charge in [-0.1, -0.05) is 0 Å². The molecule has 6 nitrogen and oxygen atoms in total. The topological polar surface area (TPSA) is 64.2 Å². The highest BCUT2D eigenvalue weighted by Crippen LogP contribution is 2.32. The largest absolute Gasteiger partial charge is 0.435 e. The van der Waals surface area contributed by atoms with Crippen LogP contribution in [0.4, 0.5) is 24.5 Å². The third-order valence-electron chi connectivity index (χ3n) is 4.40. The molecule has 0 saturated carbocycles. The lowest BCUT2D eigenvalue weighted by atomic mass is 10.0. The van der Waals surface area contributed by atoms with Crippen molar-refractivity contribution < 1.29 is 18.1 Å². The second-order valence-corrected chi connectivity index (χ2v) is 6.15. The first-order valence-electron chi connectivity index (χ1n) is 7.88. The Morgan fingerprint density at radius 2 is 2.08 bits per heavy atom. The molecule has 0 bridgehead atoms. The average molecular weight is 354 g/mol. The summed E-state index contributed by atoms with van der Waals surface area (Å²) in [5.74, 6) is 0. The zero-order chi connectivity index (χ0) is 18.2. The molecule has 2 heterocycles. The van der Waals surface area contributed by atoms with Crippen molar-refractivity contribution in [3.63, 3.8) is 0 Å². The Morgan fingerprint density at radius 1 is 1.32 bits per heavy atom. The van der Waals surface area contributed by atoms with Crippen molar-refractivity contribution >= 4 is 11.4 Å². The van der Waals surface area contributed by atoms with Crippen molar-refractivity contribution in [2.24, 2.45) is 0 Å². The van der Waals surface area contributed by atoms with Gasteiger partial charge in [-0.25, -0.2) is 0 Å². The van der Waals surface area contributed by atoms with Gasteiger partial charge in [0.1, 0.15) is 0 Å². The van der Waals surface area contributed by atoms with Gasteiger partial charge in [-0.15, -0.1) is 0 Å². The van der Waals surface area contributed by atoms with Gasteiger partial charge in [0.2, 0.25) is 0 Å². The van der Waals surface area contributed by atoms with E-state index < -0.39 is 16.8 Å². The molecule has 0 spiro atoms. The fraction of sp³-hybridized carbons (Fsp3) is 0.438. The third-order valence-corrected chi connectivity index (χ3v) is 4.40. The van der Waals surface area contributed by atoms with Gasteiger partial charge in [0.05, 0.1) is 11.0 Å². The Kier molecular flexibility index (Phi) is 4.40. The predicted octanol–water partition coefficient (Wildman–Crippen LogP) is 3.96. The molecule has 1 aromatic carbocycles. The number of aromatic nitrogens is 2. The van der Waals surface area contributed by atoms with Crippen LogP contribution < -0.4 is 4.90 Å². The van der Waals surface area contributed by atoms with E-state index in [0.717, 1.165) is 36.7 Å². The molecule has 1 atom stereocenters. The highest BCUT2D eigenvalue weighted by atomic mass is 19.4. The van der Waals surface area contributed by atoms with Crippen LogP contribution in [0.3, 0.4) is 0 Å². The van der Waals surface area contributed by atoms with Crippen LogP contribution in [0.5, 0.6) is 0 Å². The highest BCUT2D eigenvalue weighted by molar-refractivity contribution is 5.57. The minimum absolute atomic E-state index is 0.0247. The molecule has 1 aliphatic rings. The van der Waals surface area contributed by atoms with E-state index in [0.29, 0.717) is 6.54 Å². The van der Waals surface area contributed by atoms with Crippen molar-refractivity contribution in [3.05, 3.63) is 51.8 Å². The second-order valence-electron chi connectivity index (χ2n) is 6.15. The standard InChI is InChI=1S/C16H17F3N4O2/c1-11-9-12(23(24)25)4-5-14(11)21-7-2-3-13(10-21)22-8-6-15(20-22)16(17,18)19/h4-6,8-9,13H,2-3,7,10H2,1H3. The van der Waals surface area contributed by atoms with Gasteiger partial charge < -0.3 is 4.90 Å². The fourth-order valence-electron chi connectivity index (χ4n) is 3.19. The number of piperidine rings is 1. The predicted molar refractivity (Wildman–Crippen MR) is 85.5 cm³/mol. The zero-order valence-corrected chi connectivity index (χ0v) is 13.5. The minimum atomic E-state index is -4.45. The minimum Gasteiger partial charge on any atom is -0.369 e. The SMILES string of the molecule is Cc1cc([N+](=O)[O-])ccc1N1CCCC(n2ccc(C(F)(F)F)n2)C1. The first kappa shape index (κ1) is 17.2. The molecule has 25 heavy (non-hydrogen) atoms. The Labute approximate surface area is 142 Å². The van der Waals surface area contributed by atoms with Crippen LogP contribution in [0.25, 0.3) is 0 Å². The normalized spacial score (nSPS) is 18.4. The van der Waals surface area contributed by atoms with Crippen LogP contribution in [-0.2, 0) is 6.18 Å². The molecule has 134 valence electrons. The summed E-state index contributed by atoms with van der Waals surface area (Å²) in [6, 6.07) is 5.46. The number of halogens is 3. The number of rotatable bonds is 3. The maximum Gasteiger partial charge on any atom is 0.435 e. The summed E-state index contributed by atoms with van der Waals surface area (Å²) in [7, 11) is 0. The molecule has 9 heteroatoms. The van der Waals surface area contributed by atoms with E-state index in [1.807, 2.05) is 4.90 Å². The van der Waals surface area contributed by atoms with Gasteiger partial charge in [-0.05, 0) is 37.5 Å². The molecule has 1 fully saturated rings. The van der Waals surface area contributed by atoms with E-state index in [2.05, 4.69) is 5.10 Å². The number of alkyl halides is 3. The third kappa shape index (κ3) is 3.59. The summed E-state index contributed by atoms with van der Waals surface area (Å²) in [6.07, 6.45) is -1.54. The Morgan fingerprint density at radius 3 is 2.68 bits per heavy atom. The second kappa shape index (κ2) is 6.38. The van der Waals surface area contributed by atoms with Crippen LogP contribution in [-0.4, -0.2) is 27.8 Å². The molecule has 1 aromatic heterocycles. The average Bonchev–Trinajstić information content (AvgIpc) is 3.05. The van der Waals surface area contributed by atoms with E-state index in [9.17, 15) is 23.3 Å². The van der Waals surface area contributed by atoms with Crippen molar-refractivity contribution in [2.75, 3.05) is 18.0 Å². The Balaban J connectivity index is 1.79. The molecule has 2 aromatic rings. The zero-order valence-electron chi connectivity index (χ0n) is 13.5. The lowest BCUT2D eigenvalue weighted by molar-refractivity contribution is -0.384. The molecular weight excluding hydrogens is 337 g/mol. The van der Waals surface area contributed by atoms with Crippen molar-refractivity contribution in [3.8, 4) is 0 Å². The summed E-state index contributed by atoms with van der Waals surface area (Å²) in [4.78, 5) is 12.4. The molecule has 3 rings (SSSR count). The molecular formula is C16H17F3N4O2. The number of benzene rings is 1. The van der Waals surface area contributed by atoms with Crippen molar-refractivity contribution in [1.29, 1.82) is 0 Å². The number of non-ortho nitro benzene ring substituents is 1. The molecule has 0 amide bonds. The first-order chi connectivity index (χ1) is 11.8. The fourth-order valence-corrected chi connectivity index (χ4v) is 3.19. The first-order valence-corrected chi connectivity index (χ1v) is 7.88. The summed E-state index contributed by atoms with van der Waals surface area (Å²) in [6.45, 7) is 3.06. The van der Waals surface area contributed by atoms with Gasteiger partial charge in [-0.3, -0.25) is 14.8 Å². The lowest BCUT2D eigenvalue weighted by Crippen LogP contribution is -2.37. The smallest absolute Gasteiger partial charge is 0.369 e. The Bertz CT molecular complexity index is 788. The number of hydrogen-bond donors (Lipinski definition) is 0. The number of aryl methyl sites for hydroxylation is 1. The molecule has 1 saturated heterocycles. The van der Waals surface area contributed by atoms with Crippen molar-refractivity contribution in [1.82, 2.24) is 9.78 Å². The van der Waals surface area contributed by atoms with Crippen LogP contribution in [0.1, 0.15) is 30.1 Å². The monoisotopic (exact) mass is 354 g/mol. The van der Waals surface area contributed by atoms with Crippen LogP contribution >= 0.6 is 0 Å². The summed E-state index contributed by atoms with van der Waals surface area (Å²) in [5, 5.41) is 14.5. The van der Waals surface area contributed by atoms with Crippen LogP contribution in [0.2, 0.25) is 0 Å². The maximum atomic E-state index is 12.7. The number of anilines is 1. The molecule has 1 aliphatic heterocycles. The van der Waals surface area contributed by atoms with Crippen LogP contribution in [0, 0.1) is 17.0 Å². The van der Waals surface area contributed by atoms with Gasteiger partial charge >= 0.3 is 6.18 Å². The summed E-state index contributed by atoms with van der Waals surface area (Å²) < 4.78 is 39.5. The summed E-state index contributed by atoms with van der Waals surface area (Å²) in [5.41, 5.74) is 0.762. The van der Waals surface area contributed by atoms with E-state index in [4.69, 9.17) is 0 Å². The van der Waals surface area contributed by atoms with E-state index in [-0.39, 0.29) is 11.7 Å². The highest BCUT2D eigenvalue weighted by Gasteiger charge is 2.34. The van der Waals surface area contributed by atoms with Gasteiger partial charge in [0.25, 0.3) is 5.69 Å². The van der Waals surface area contributed by atoms with Crippen molar-refractivity contribution in [2.45, 2.75) is 32.0 Å². The summed E-state index contributed by atoms with van der Waals surface area (Å²) >= 11 is 0. The van der Waals surface area contributed by atoms with E-state index in [1.54, 1.807) is 13.0 Å². The number of nitrogens with zero attached hydrogens (tertiary/aromatic N) is 4. The number of nitro groups is 1. The quantitative estimate of drug-likeness (QED) is 0.618. The van der Waals surface area contributed by atoms with E-state index >= 15 is 0 Å². The van der Waals surface area contributed by atoms with Gasteiger partial charge in [0.15, 0.2) is 5.69 Å². The van der Waals surface area contributed by atoms with E-state index in [1.165, 1.54) is 23.0 Å². The molecule has 0 N–H and O–H groups in total. The molecule has 1 unspecified atom stereocenters. The van der Waals surface area contributed by atoms with Gasteiger partial charge in [-0.2, -0.15) is 18.3 Å². The lowest BCUT2D eigenvalue weighted by Gasteiger charge is -2.35. The molecule has 0 aliphatic carbocycles. The van der Waals surface area contributed by atoms with Gasteiger partial charge in [0, 0.05) is 37.1 Å².